The van der Waals surface area contributed by atoms with Crippen LogP contribution in [0.3, 0.4) is 0 Å². The van der Waals surface area contributed by atoms with Gasteiger partial charge in [0.15, 0.2) is 0 Å². The fraction of sp³-hybridized carbons (Fsp3) is 0.933. The Bertz CT molecular complexity index is 288. The van der Waals surface area contributed by atoms with E-state index in [-0.39, 0.29) is 17.7 Å². The zero-order valence-electron chi connectivity index (χ0n) is 12.8. The van der Waals surface area contributed by atoms with Gasteiger partial charge in [0.2, 0.25) is 0 Å². The number of rotatable bonds is 4. The number of nitrogens with one attached hydrogen (secondary N) is 1. The first-order valence-corrected chi connectivity index (χ1v) is 7.42. The number of aliphatic hydroxyl groups excluding tert-OH is 1. The van der Waals surface area contributed by atoms with E-state index in [1.807, 2.05) is 20.8 Å². The van der Waals surface area contributed by atoms with Crippen LogP contribution in [0.25, 0.3) is 0 Å². The summed E-state index contributed by atoms with van der Waals surface area (Å²) in [7, 11) is 0. The number of ether oxygens (including phenoxy) is 1. The molecule has 1 rings (SSSR count). The minimum atomic E-state index is -0.468. The molecule has 1 saturated carbocycles. The number of amides is 1. The van der Waals surface area contributed by atoms with Crippen molar-refractivity contribution in [2.75, 3.05) is 0 Å². The summed E-state index contributed by atoms with van der Waals surface area (Å²) in [6.07, 6.45) is 6.36. The van der Waals surface area contributed by atoms with E-state index in [2.05, 4.69) is 5.32 Å². The summed E-state index contributed by atoms with van der Waals surface area (Å²) in [5, 5.41) is 12.5. The molecule has 0 radical (unpaired) electrons. The lowest BCUT2D eigenvalue weighted by molar-refractivity contribution is 0.0397. The molecular weight excluding hydrogens is 242 g/mol. The number of aliphatic hydroxyl groups is 1. The van der Waals surface area contributed by atoms with Crippen LogP contribution < -0.4 is 5.32 Å². The maximum absolute atomic E-state index is 12.0. The molecule has 0 aliphatic heterocycles. The lowest BCUT2D eigenvalue weighted by atomic mass is 9.78. The summed E-state index contributed by atoms with van der Waals surface area (Å²) >= 11 is 0. The summed E-state index contributed by atoms with van der Waals surface area (Å²) < 4.78 is 5.36. The van der Waals surface area contributed by atoms with Gasteiger partial charge in [-0.05, 0) is 53.4 Å². The molecule has 4 heteroatoms. The van der Waals surface area contributed by atoms with Crippen molar-refractivity contribution in [2.45, 2.75) is 89.9 Å². The first-order chi connectivity index (χ1) is 8.72. The normalized spacial score (nSPS) is 20.7. The number of carbonyl (C=O) groups is 1. The van der Waals surface area contributed by atoms with Crippen LogP contribution in [0.5, 0.6) is 0 Å². The summed E-state index contributed by atoms with van der Waals surface area (Å²) in [5.74, 6) is 0. The van der Waals surface area contributed by atoms with Crippen molar-refractivity contribution in [1.82, 2.24) is 5.32 Å². The van der Waals surface area contributed by atoms with Crippen molar-refractivity contribution >= 4 is 6.09 Å². The summed E-state index contributed by atoms with van der Waals surface area (Å²) in [4.78, 5) is 12.0. The van der Waals surface area contributed by atoms with Gasteiger partial charge in [0.25, 0.3) is 0 Å². The van der Waals surface area contributed by atoms with Crippen LogP contribution >= 0.6 is 0 Å². The molecule has 0 aromatic carbocycles. The first-order valence-electron chi connectivity index (χ1n) is 7.42. The largest absolute Gasteiger partial charge is 0.444 e. The van der Waals surface area contributed by atoms with Crippen molar-refractivity contribution < 1.29 is 14.6 Å². The minimum Gasteiger partial charge on any atom is -0.444 e. The Morgan fingerprint density at radius 1 is 1.32 bits per heavy atom. The van der Waals surface area contributed by atoms with Crippen LogP contribution in [0, 0.1) is 0 Å². The van der Waals surface area contributed by atoms with Gasteiger partial charge in [0.1, 0.15) is 5.60 Å². The van der Waals surface area contributed by atoms with Crippen LogP contribution in [0.2, 0.25) is 0 Å². The molecule has 0 aromatic heterocycles. The molecule has 0 saturated heterocycles. The number of hydrogen-bond acceptors (Lipinski definition) is 3. The molecule has 112 valence electrons. The highest BCUT2D eigenvalue weighted by Crippen LogP contribution is 2.32. The molecule has 19 heavy (non-hydrogen) atoms. The number of alkyl carbamates (subject to hydrolysis) is 1. The SMILES string of the molecule is CC(O)CCC1(NC(=O)OC(C)(C)C)CCCCC1. The zero-order chi connectivity index (χ0) is 14.5. The molecule has 1 atom stereocenters. The third-order valence-electron chi connectivity index (χ3n) is 3.62. The molecule has 0 bridgehead atoms. The third-order valence-corrected chi connectivity index (χ3v) is 3.62. The Labute approximate surface area is 116 Å². The van der Waals surface area contributed by atoms with E-state index in [9.17, 15) is 9.90 Å². The smallest absolute Gasteiger partial charge is 0.408 e. The van der Waals surface area contributed by atoms with E-state index in [4.69, 9.17) is 4.74 Å². The van der Waals surface area contributed by atoms with Gasteiger partial charge < -0.3 is 15.2 Å². The average molecular weight is 271 g/mol. The molecule has 2 N–H and O–H groups in total. The molecule has 0 spiro atoms. The monoisotopic (exact) mass is 271 g/mol. The molecule has 4 nitrogen and oxygen atoms in total. The van der Waals surface area contributed by atoms with Crippen LogP contribution in [0.15, 0.2) is 0 Å². The van der Waals surface area contributed by atoms with Gasteiger partial charge in [0.05, 0.1) is 6.10 Å². The second-order valence-corrected chi connectivity index (χ2v) is 6.86. The van der Waals surface area contributed by atoms with Gasteiger partial charge in [-0.2, -0.15) is 0 Å². The highest BCUT2D eigenvalue weighted by atomic mass is 16.6. The number of hydrogen-bond donors (Lipinski definition) is 2. The summed E-state index contributed by atoms with van der Waals surface area (Å²) in [6, 6.07) is 0. The van der Waals surface area contributed by atoms with Crippen molar-refractivity contribution in [2.24, 2.45) is 0 Å². The van der Waals surface area contributed by atoms with Crippen LogP contribution in [-0.2, 0) is 4.74 Å². The Balaban J connectivity index is 2.60. The minimum absolute atomic E-state index is 0.183. The van der Waals surface area contributed by atoms with Gasteiger partial charge in [-0.1, -0.05) is 19.3 Å². The van der Waals surface area contributed by atoms with E-state index >= 15 is 0 Å². The molecule has 1 aliphatic carbocycles. The second kappa shape index (κ2) is 6.60. The molecule has 1 fully saturated rings. The fourth-order valence-electron chi connectivity index (χ4n) is 2.67. The quantitative estimate of drug-likeness (QED) is 0.824. The molecule has 1 aliphatic rings. The van der Waals surface area contributed by atoms with Crippen molar-refractivity contribution in [3.05, 3.63) is 0 Å². The Morgan fingerprint density at radius 3 is 2.37 bits per heavy atom. The van der Waals surface area contributed by atoms with Gasteiger partial charge in [-0.3, -0.25) is 0 Å². The third kappa shape index (κ3) is 6.28. The Hall–Kier alpha value is -0.770. The van der Waals surface area contributed by atoms with Gasteiger partial charge >= 0.3 is 6.09 Å². The Morgan fingerprint density at radius 2 is 1.89 bits per heavy atom. The maximum Gasteiger partial charge on any atom is 0.408 e. The Kier molecular flexibility index (Phi) is 5.65. The molecule has 0 aromatic rings. The van der Waals surface area contributed by atoms with E-state index in [1.54, 1.807) is 6.92 Å². The average Bonchev–Trinajstić information content (AvgIpc) is 2.25. The lowest BCUT2D eigenvalue weighted by Crippen LogP contribution is -2.51. The van der Waals surface area contributed by atoms with Crippen molar-refractivity contribution in [1.29, 1.82) is 0 Å². The topological polar surface area (TPSA) is 58.6 Å². The molecule has 0 heterocycles. The highest BCUT2D eigenvalue weighted by molar-refractivity contribution is 5.68. The van der Waals surface area contributed by atoms with E-state index in [0.29, 0.717) is 0 Å². The van der Waals surface area contributed by atoms with Crippen LogP contribution in [0.1, 0.15) is 72.6 Å². The van der Waals surface area contributed by atoms with Crippen molar-refractivity contribution in [3.8, 4) is 0 Å². The molecule has 1 amide bonds. The van der Waals surface area contributed by atoms with Crippen LogP contribution in [0.4, 0.5) is 4.79 Å². The fourth-order valence-corrected chi connectivity index (χ4v) is 2.67. The van der Waals surface area contributed by atoms with E-state index in [1.165, 1.54) is 6.42 Å². The van der Waals surface area contributed by atoms with Gasteiger partial charge in [-0.15, -0.1) is 0 Å². The summed E-state index contributed by atoms with van der Waals surface area (Å²) in [5.41, 5.74) is -0.651. The summed E-state index contributed by atoms with van der Waals surface area (Å²) in [6.45, 7) is 7.41. The standard InChI is InChI=1S/C15H29NO3/c1-12(17)8-11-15(9-6-5-7-10-15)16-13(18)19-14(2,3)4/h12,17H,5-11H2,1-4H3,(H,16,18). The van der Waals surface area contributed by atoms with E-state index in [0.717, 1.165) is 38.5 Å². The molecular formula is C15H29NO3. The maximum atomic E-state index is 12.0. The number of carbonyl (C=O) groups excluding carboxylic acids is 1. The molecule has 1 unspecified atom stereocenters. The lowest BCUT2D eigenvalue weighted by Gasteiger charge is -2.39. The van der Waals surface area contributed by atoms with Gasteiger partial charge in [0, 0.05) is 5.54 Å². The van der Waals surface area contributed by atoms with Crippen molar-refractivity contribution in [3.63, 3.8) is 0 Å². The van der Waals surface area contributed by atoms with Crippen LogP contribution in [-0.4, -0.2) is 28.4 Å². The zero-order valence-corrected chi connectivity index (χ0v) is 12.8. The first kappa shape index (κ1) is 16.3. The van der Waals surface area contributed by atoms with E-state index < -0.39 is 5.60 Å². The van der Waals surface area contributed by atoms with Gasteiger partial charge in [-0.25, -0.2) is 4.79 Å². The predicted molar refractivity (Wildman–Crippen MR) is 76.1 cm³/mol. The highest BCUT2D eigenvalue weighted by Gasteiger charge is 2.34. The predicted octanol–water partition coefficient (Wildman–Crippen LogP) is 3.38. The second-order valence-electron chi connectivity index (χ2n) is 6.86.